The summed E-state index contributed by atoms with van der Waals surface area (Å²) in [6.45, 7) is 1.97. The average molecular weight is 205 g/mol. The summed E-state index contributed by atoms with van der Waals surface area (Å²) in [5, 5.41) is 5.31. The topological polar surface area (TPSA) is 43.3 Å². The van der Waals surface area contributed by atoms with E-state index in [-0.39, 0.29) is 0 Å². The van der Waals surface area contributed by atoms with Crippen LogP contribution in [0.2, 0.25) is 0 Å². The van der Waals surface area contributed by atoms with E-state index >= 15 is 0 Å². The molecule has 0 bridgehead atoms. The Kier molecular flexibility index (Phi) is 1.49. The highest BCUT2D eigenvalue weighted by molar-refractivity contribution is 7.16. The van der Waals surface area contributed by atoms with Gasteiger partial charge in [0.1, 0.15) is 5.01 Å². The zero-order valence-corrected chi connectivity index (χ0v) is 8.28. The Balaban J connectivity index is 2.20. The lowest BCUT2D eigenvalue weighted by molar-refractivity contribution is 0.568. The summed E-state index contributed by atoms with van der Waals surface area (Å²) in [5.41, 5.74) is 1.89. The van der Waals surface area contributed by atoms with Crippen LogP contribution in [-0.4, -0.2) is 14.6 Å². The number of imidazole rings is 1. The Hall–Kier alpha value is -1.62. The van der Waals surface area contributed by atoms with Gasteiger partial charge in [-0.15, -0.1) is 0 Å². The molecule has 0 spiro atoms. The Bertz CT molecular complexity index is 532. The van der Waals surface area contributed by atoms with Crippen LogP contribution in [0.3, 0.4) is 0 Å². The molecule has 0 unspecified atom stereocenters. The van der Waals surface area contributed by atoms with Crippen molar-refractivity contribution in [1.82, 2.24) is 14.6 Å². The molecule has 5 heteroatoms. The zero-order chi connectivity index (χ0) is 9.54. The minimum Gasteiger partial charge on any atom is -0.472 e. The van der Waals surface area contributed by atoms with Gasteiger partial charge in [0.05, 0.1) is 24.4 Å². The fourth-order valence-corrected chi connectivity index (χ4v) is 2.07. The van der Waals surface area contributed by atoms with Crippen LogP contribution in [-0.2, 0) is 0 Å². The third kappa shape index (κ3) is 1.06. The molecule has 3 aromatic heterocycles. The van der Waals surface area contributed by atoms with Crippen LogP contribution in [0.4, 0.5) is 0 Å². The lowest BCUT2D eigenvalue weighted by Gasteiger charge is -1.84. The summed E-state index contributed by atoms with van der Waals surface area (Å²) >= 11 is 1.58. The first kappa shape index (κ1) is 7.75. The van der Waals surface area contributed by atoms with Gasteiger partial charge in [0.2, 0.25) is 4.96 Å². The summed E-state index contributed by atoms with van der Waals surface area (Å²) in [4.78, 5) is 5.35. The van der Waals surface area contributed by atoms with Crippen molar-refractivity contribution in [2.45, 2.75) is 6.92 Å². The highest BCUT2D eigenvalue weighted by Gasteiger charge is 2.07. The van der Waals surface area contributed by atoms with E-state index in [0.29, 0.717) is 0 Å². The van der Waals surface area contributed by atoms with E-state index in [2.05, 4.69) is 10.1 Å². The third-order valence-corrected chi connectivity index (χ3v) is 2.80. The number of rotatable bonds is 1. The fraction of sp³-hybridized carbons (Fsp3) is 0.111. The highest BCUT2D eigenvalue weighted by atomic mass is 32.1. The Morgan fingerprint density at radius 3 is 3.14 bits per heavy atom. The number of nitrogens with zero attached hydrogens (tertiary/aromatic N) is 3. The van der Waals surface area contributed by atoms with Crippen molar-refractivity contribution in [1.29, 1.82) is 0 Å². The van der Waals surface area contributed by atoms with Crippen LogP contribution in [0, 0.1) is 6.92 Å². The molecule has 3 rings (SSSR count). The van der Waals surface area contributed by atoms with Crippen LogP contribution in [0.1, 0.15) is 5.01 Å². The molecule has 0 atom stereocenters. The number of fused-ring (bicyclic) bond motifs is 1. The molecule has 70 valence electrons. The van der Waals surface area contributed by atoms with Crippen molar-refractivity contribution in [2.75, 3.05) is 0 Å². The number of furan rings is 1. The first-order valence-corrected chi connectivity index (χ1v) is 5.00. The van der Waals surface area contributed by atoms with Crippen LogP contribution in [0.25, 0.3) is 16.2 Å². The number of hydrogen-bond acceptors (Lipinski definition) is 4. The third-order valence-electron chi connectivity index (χ3n) is 1.96. The van der Waals surface area contributed by atoms with Crippen LogP contribution in [0.15, 0.2) is 29.2 Å². The normalized spacial score (nSPS) is 11.2. The maximum atomic E-state index is 5.00. The first-order valence-electron chi connectivity index (χ1n) is 4.18. The van der Waals surface area contributed by atoms with Crippen molar-refractivity contribution in [3.8, 4) is 11.3 Å². The van der Waals surface area contributed by atoms with Gasteiger partial charge in [0.15, 0.2) is 0 Å². The van der Waals surface area contributed by atoms with Gasteiger partial charge < -0.3 is 4.42 Å². The van der Waals surface area contributed by atoms with Gasteiger partial charge >= 0.3 is 0 Å². The van der Waals surface area contributed by atoms with Crippen molar-refractivity contribution in [2.24, 2.45) is 0 Å². The average Bonchev–Trinajstić information content (AvgIpc) is 2.74. The molecule has 14 heavy (non-hydrogen) atoms. The molecule has 0 fully saturated rings. The van der Waals surface area contributed by atoms with Crippen molar-refractivity contribution in [3.05, 3.63) is 29.8 Å². The molecule has 0 N–H and O–H groups in total. The minimum atomic E-state index is 0.900. The van der Waals surface area contributed by atoms with E-state index in [0.717, 1.165) is 21.2 Å². The number of hydrogen-bond donors (Lipinski definition) is 0. The van der Waals surface area contributed by atoms with Gasteiger partial charge in [-0.3, -0.25) is 0 Å². The quantitative estimate of drug-likeness (QED) is 0.612. The SMILES string of the molecule is Cc1nn2cc(-c3ccoc3)nc2s1. The van der Waals surface area contributed by atoms with Crippen molar-refractivity contribution < 1.29 is 4.42 Å². The highest BCUT2D eigenvalue weighted by Crippen LogP contribution is 2.21. The van der Waals surface area contributed by atoms with Crippen molar-refractivity contribution in [3.63, 3.8) is 0 Å². The second kappa shape index (κ2) is 2.68. The van der Waals surface area contributed by atoms with Gasteiger partial charge in [-0.2, -0.15) is 5.10 Å². The summed E-state index contributed by atoms with van der Waals surface area (Å²) in [5.74, 6) is 0. The minimum absolute atomic E-state index is 0.900. The van der Waals surface area contributed by atoms with Gasteiger partial charge in [-0.1, -0.05) is 11.3 Å². The Morgan fingerprint density at radius 1 is 1.50 bits per heavy atom. The van der Waals surface area contributed by atoms with Gasteiger partial charge in [0.25, 0.3) is 0 Å². The lowest BCUT2D eigenvalue weighted by atomic mass is 10.3. The summed E-state index contributed by atoms with van der Waals surface area (Å²) < 4.78 is 6.79. The molecule has 0 saturated heterocycles. The monoisotopic (exact) mass is 205 g/mol. The maximum absolute atomic E-state index is 5.00. The molecule has 0 aromatic carbocycles. The van der Waals surface area contributed by atoms with E-state index in [1.165, 1.54) is 0 Å². The number of aromatic nitrogens is 3. The predicted molar refractivity (Wildman–Crippen MR) is 53.3 cm³/mol. The Morgan fingerprint density at radius 2 is 2.43 bits per heavy atom. The maximum Gasteiger partial charge on any atom is 0.212 e. The smallest absolute Gasteiger partial charge is 0.212 e. The van der Waals surface area contributed by atoms with E-state index in [9.17, 15) is 0 Å². The molecule has 3 aromatic rings. The van der Waals surface area contributed by atoms with Gasteiger partial charge in [0, 0.05) is 5.56 Å². The summed E-state index contributed by atoms with van der Waals surface area (Å²) in [7, 11) is 0. The predicted octanol–water partition coefficient (Wildman–Crippen LogP) is 2.36. The fourth-order valence-electron chi connectivity index (χ4n) is 1.35. The van der Waals surface area contributed by atoms with E-state index in [1.807, 2.05) is 19.2 Å². The molecule has 0 aliphatic carbocycles. The van der Waals surface area contributed by atoms with Crippen molar-refractivity contribution >= 4 is 16.3 Å². The molecule has 0 aliphatic heterocycles. The van der Waals surface area contributed by atoms with E-state index in [4.69, 9.17) is 4.42 Å². The summed E-state index contributed by atoms with van der Waals surface area (Å²) in [6, 6.07) is 1.89. The lowest BCUT2D eigenvalue weighted by Crippen LogP contribution is -1.79. The second-order valence-corrected chi connectivity index (χ2v) is 4.15. The summed E-state index contributed by atoms with van der Waals surface area (Å²) in [6.07, 6.45) is 5.23. The zero-order valence-electron chi connectivity index (χ0n) is 7.47. The van der Waals surface area contributed by atoms with Crippen LogP contribution in [0.5, 0.6) is 0 Å². The molecule has 0 amide bonds. The molecule has 0 radical (unpaired) electrons. The van der Waals surface area contributed by atoms with E-state index < -0.39 is 0 Å². The largest absolute Gasteiger partial charge is 0.472 e. The van der Waals surface area contributed by atoms with Crippen LogP contribution < -0.4 is 0 Å². The molecule has 0 saturated carbocycles. The van der Waals surface area contributed by atoms with E-state index in [1.54, 1.807) is 28.4 Å². The molecule has 0 aliphatic rings. The van der Waals surface area contributed by atoms with Crippen LogP contribution >= 0.6 is 11.3 Å². The van der Waals surface area contributed by atoms with Gasteiger partial charge in [-0.05, 0) is 13.0 Å². The molecule has 3 heterocycles. The second-order valence-electron chi connectivity index (χ2n) is 2.99. The Labute approximate surface area is 83.8 Å². The number of aryl methyl sites for hydroxylation is 1. The first-order chi connectivity index (χ1) is 6.83. The molecular formula is C9H7N3OS. The molecular weight excluding hydrogens is 198 g/mol. The molecule has 4 nitrogen and oxygen atoms in total. The van der Waals surface area contributed by atoms with Gasteiger partial charge in [-0.25, -0.2) is 9.50 Å². The standard InChI is InChI=1S/C9H7N3OS/c1-6-11-12-4-8(10-9(12)14-6)7-2-3-13-5-7/h2-5H,1H3.